The summed E-state index contributed by atoms with van der Waals surface area (Å²) in [6.45, 7) is 4.80. The minimum absolute atomic E-state index is 0.0595. The lowest BCUT2D eigenvalue weighted by Gasteiger charge is -2.21. The number of ether oxygens (including phenoxy) is 1. The fraction of sp³-hybridized carbons (Fsp3) is 0.250. The number of amides is 1. The Labute approximate surface area is 202 Å². The van der Waals surface area contributed by atoms with E-state index in [2.05, 4.69) is 6.92 Å². The zero-order valence-corrected chi connectivity index (χ0v) is 20.5. The Morgan fingerprint density at radius 3 is 2.18 bits per heavy atom. The topological polar surface area (TPSA) is 63.7 Å². The van der Waals surface area contributed by atoms with Crippen LogP contribution in [-0.2, 0) is 21.2 Å². The molecule has 3 rings (SSSR count). The van der Waals surface area contributed by atoms with Gasteiger partial charge in [-0.2, -0.15) is 4.31 Å². The molecule has 0 N–H and O–H groups in total. The smallest absolute Gasteiger partial charge is 0.271 e. The van der Waals surface area contributed by atoms with Gasteiger partial charge in [0.1, 0.15) is 5.75 Å². The predicted molar refractivity (Wildman–Crippen MR) is 137 cm³/mol. The molecule has 0 bridgehead atoms. The molecule has 34 heavy (non-hydrogen) atoms. The van der Waals surface area contributed by atoms with Gasteiger partial charge in [-0.15, -0.1) is 0 Å². The molecule has 0 atom stereocenters. The van der Waals surface area contributed by atoms with Crippen LogP contribution in [0.15, 0.2) is 89.8 Å². The van der Waals surface area contributed by atoms with Gasteiger partial charge in [-0.25, -0.2) is 8.42 Å². The van der Waals surface area contributed by atoms with Crippen molar-refractivity contribution >= 4 is 27.7 Å². The van der Waals surface area contributed by atoms with E-state index in [9.17, 15) is 13.2 Å². The molecule has 0 unspecified atom stereocenters. The lowest BCUT2D eigenvalue weighted by molar-refractivity contribution is -0.113. The number of carbonyl (C=O) groups excluding carboxylic acids is 1. The maximum absolute atomic E-state index is 13.4. The molecular formula is C28H31NO4S. The zero-order chi connectivity index (χ0) is 24.4. The first-order chi connectivity index (χ1) is 16.5. The van der Waals surface area contributed by atoms with Crippen LogP contribution in [0.2, 0.25) is 0 Å². The molecular weight excluding hydrogens is 446 g/mol. The van der Waals surface area contributed by atoms with Gasteiger partial charge in [0.05, 0.1) is 17.2 Å². The molecule has 3 aromatic rings. The van der Waals surface area contributed by atoms with Crippen molar-refractivity contribution in [2.24, 2.45) is 0 Å². The second-order valence-electron chi connectivity index (χ2n) is 7.94. The number of anilines is 1. The number of sulfonamides is 1. The molecule has 0 saturated heterocycles. The minimum Gasteiger partial charge on any atom is -0.494 e. The zero-order valence-electron chi connectivity index (χ0n) is 19.7. The SMILES string of the molecule is CCCCc1ccc(N(C(=O)/C=C/c2ccc(OCCC)cc2)S(=O)(=O)c2ccccc2)cc1. The van der Waals surface area contributed by atoms with Crippen molar-refractivity contribution in [2.75, 3.05) is 10.9 Å². The highest BCUT2D eigenvalue weighted by Gasteiger charge is 2.29. The van der Waals surface area contributed by atoms with Crippen molar-refractivity contribution < 1.29 is 17.9 Å². The number of unbranched alkanes of at least 4 members (excludes halogenated alkanes) is 1. The summed E-state index contributed by atoms with van der Waals surface area (Å²) in [7, 11) is -4.09. The van der Waals surface area contributed by atoms with Crippen LogP contribution in [-0.4, -0.2) is 20.9 Å². The maximum atomic E-state index is 13.4. The third-order valence-corrected chi connectivity index (χ3v) is 6.98. The number of carbonyl (C=O) groups is 1. The lowest BCUT2D eigenvalue weighted by atomic mass is 10.1. The number of benzene rings is 3. The van der Waals surface area contributed by atoms with E-state index in [1.807, 2.05) is 43.3 Å². The largest absolute Gasteiger partial charge is 0.494 e. The number of aryl methyl sites for hydroxylation is 1. The molecule has 1 amide bonds. The second kappa shape index (κ2) is 12.2. The van der Waals surface area contributed by atoms with Crippen molar-refractivity contribution in [1.82, 2.24) is 0 Å². The molecule has 0 saturated carbocycles. The summed E-state index contributed by atoms with van der Waals surface area (Å²) in [5.74, 6) is 0.109. The van der Waals surface area contributed by atoms with E-state index in [4.69, 9.17) is 4.74 Å². The normalized spacial score (nSPS) is 11.5. The van der Waals surface area contributed by atoms with Crippen LogP contribution in [0.4, 0.5) is 5.69 Å². The van der Waals surface area contributed by atoms with Crippen molar-refractivity contribution in [1.29, 1.82) is 0 Å². The molecule has 0 radical (unpaired) electrons. The van der Waals surface area contributed by atoms with Crippen LogP contribution in [0.1, 0.15) is 44.2 Å². The van der Waals surface area contributed by atoms with Crippen molar-refractivity contribution in [3.05, 3.63) is 96.1 Å². The fourth-order valence-electron chi connectivity index (χ4n) is 3.39. The molecule has 0 aliphatic heterocycles. The first-order valence-corrected chi connectivity index (χ1v) is 13.0. The van der Waals surface area contributed by atoms with Crippen molar-refractivity contribution in [2.45, 2.75) is 44.4 Å². The quantitative estimate of drug-likeness (QED) is 0.306. The molecule has 5 nitrogen and oxygen atoms in total. The van der Waals surface area contributed by atoms with Crippen LogP contribution in [0, 0.1) is 0 Å². The third-order valence-electron chi connectivity index (χ3n) is 5.24. The van der Waals surface area contributed by atoms with Gasteiger partial charge in [0.2, 0.25) is 0 Å². The van der Waals surface area contributed by atoms with E-state index in [0.717, 1.165) is 46.9 Å². The van der Waals surface area contributed by atoms with Gasteiger partial charge in [-0.3, -0.25) is 4.79 Å². The van der Waals surface area contributed by atoms with E-state index in [0.29, 0.717) is 12.3 Å². The number of hydrogen-bond acceptors (Lipinski definition) is 4. The van der Waals surface area contributed by atoms with Crippen LogP contribution in [0.3, 0.4) is 0 Å². The number of rotatable bonds is 11. The summed E-state index contributed by atoms with van der Waals surface area (Å²) in [6.07, 6.45) is 6.85. The molecule has 0 fully saturated rings. The minimum atomic E-state index is -4.09. The Morgan fingerprint density at radius 1 is 0.882 bits per heavy atom. The molecule has 0 aliphatic carbocycles. The molecule has 6 heteroatoms. The van der Waals surface area contributed by atoms with Gasteiger partial charge in [-0.1, -0.05) is 62.7 Å². The predicted octanol–water partition coefficient (Wildman–Crippen LogP) is 6.25. The first kappa shape index (κ1) is 25.2. The van der Waals surface area contributed by atoms with E-state index in [1.54, 1.807) is 36.4 Å². The van der Waals surface area contributed by atoms with Gasteiger partial charge in [0, 0.05) is 6.08 Å². The van der Waals surface area contributed by atoms with Gasteiger partial charge < -0.3 is 4.74 Å². The summed E-state index contributed by atoms with van der Waals surface area (Å²) in [4.78, 5) is 13.3. The van der Waals surface area contributed by atoms with Gasteiger partial charge >= 0.3 is 0 Å². The first-order valence-electron chi connectivity index (χ1n) is 11.6. The maximum Gasteiger partial charge on any atom is 0.271 e. The highest BCUT2D eigenvalue weighted by molar-refractivity contribution is 7.93. The summed E-state index contributed by atoms with van der Waals surface area (Å²) in [5, 5.41) is 0. The van der Waals surface area contributed by atoms with E-state index in [-0.39, 0.29) is 4.90 Å². The summed E-state index contributed by atoms with van der Waals surface area (Å²) in [5.41, 5.74) is 2.18. The molecule has 3 aromatic carbocycles. The van der Waals surface area contributed by atoms with Crippen molar-refractivity contribution in [3.8, 4) is 5.75 Å². The molecule has 0 spiro atoms. The lowest BCUT2D eigenvalue weighted by Crippen LogP contribution is -2.35. The highest BCUT2D eigenvalue weighted by Crippen LogP contribution is 2.25. The second-order valence-corrected chi connectivity index (χ2v) is 9.73. The van der Waals surface area contributed by atoms with Gasteiger partial charge in [0.15, 0.2) is 0 Å². The van der Waals surface area contributed by atoms with Crippen LogP contribution >= 0.6 is 0 Å². The Kier molecular flexibility index (Phi) is 9.05. The molecule has 0 heterocycles. The molecule has 0 aromatic heterocycles. The Bertz CT molecular complexity index is 1190. The average molecular weight is 478 g/mol. The average Bonchev–Trinajstić information content (AvgIpc) is 2.87. The molecule has 0 aliphatic rings. The Hall–Kier alpha value is -3.38. The summed E-state index contributed by atoms with van der Waals surface area (Å²) < 4.78 is 33.3. The number of hydrogen-bond donors (Lipinski definition) is 0. The van der Waals surface area contributed by atoms with E-state index >= 15 is 0 Å². The third kappa shape index (κ3) is 6.58. The Balaban J connectivity index is 1.90. The van der Waals surface area contributed by atoms with Gasteiger partial charge in [-0.05, 0) is 72.9 Å². The Morgan fingerprint density at radius 2 is 1.56 bits per heavy atom. The number of nitrogens with zero attached hydrogens (tertiary/aromatic N) is 1. The fourth-order valence-corrected chi connectivity index (χ4v) is 4.80. The van der Waals surface area contributed by atoms with Crippen LogP contribution < -0.4 is 9.04 Å². The highest BCUT2D eigenvalue weighted by atomic mass is 32.2. The molecule has 178 valence electrons. The van der Waals surface area contributed by atoms with Gasteiger partial charge in [0.25, 0.3) is 15.9 Å². The van der Waals surface area contributed by atoms with Crippen LogP contribution in [0.25, 0.3) is 6.08 Å². The summed E-state index contributed by atoms with van der Waals surface area (Å²) >= 11 is 0. The standard InChI is InChI=1S/C28H31NO4S/c1-3-5-9-23-12-17-25(18-13-23)29(34(31,32)27-10-7-6-8-11-27)28(30)21-16-24-14-19-26(20-15-24)33-22-4-2/h6-8,10-21H,3-5,9,22H2,1-2H3/b21-16+. The summed E-state index contributed by atoms with van der Waals surface area (Å²) in [6, 6.07) is 22.4. The monoisotopic (exact) mass is 477 g/mol. The van der Waals surface area contributed by atoms with Crippen molar-refractivity contribution in [3.63, 3.8) is 0 Å². The van der Waals surface area contributed by atoms with E-state index < -0.39 is 15.9 Å². The van der Waals surface area contributed by atoms with E-state index in [1.165, 1.54) is 18.2 Å². The van der Waals surface area contributed by atoms with Crippen LogP contribution in [0.5, 0.6) is 5.75 Å².